The largest absolute Gasteiger partial charge is 0.573 e. The van der Waals surface area contributed by atoms with Gasteiger partial charge in [0, 0.05) is 12.6 Å². The standard InChI is InChI=1S/C10H9F6NO2/c11-9(12,13)8(5-17)18-6-2-1-3-7(4-6)19-10(14,15)16/h1-4,8H,5,17H2. The zero-order valence-corrected chi connectivity index (χ0v) is 9.26. The van der Waals surface area contributed by atoms with Gasteiger partial charge in [-0.2, -0.15) is 13.2 Å². The SMILES string of the molecule is NCC(Oc1cccc(OC(F)(F)F)c1)C(F)(F)F. The molecule has 9 heteroatoms. The van der Waals surface area contributed by atoms with Crippen LogP contribution in [-0.2, 0) is 0 Å². The molecule has 0 spiro atoms. The molecule has 0 saturated carbocycles. The molecule has 1 unspecified atom stereocenters. The molecule has 0 aliphatic rings. The molecule has 0 fully saturated rings. The van der Waals surface area contributed by atoms with Crippen molar-refractivity contribution in [3.8, 4) is 11.5 Å². The van der Waals surface area contributed by atoms with E-state index in [9.17, 15) is 26.3 Å². The lowest BCUT2D eigenvalue weighted by molar-refractivity contribution is -0.274. The highest BCUT2D eigenvalue weighted by Gasteiger charge is 2.41. The Morgan fingerprint density at radius 3 is 2.11 bits per heavy atom. The molecule has 1 aromatic rings. The Morgan fingerprint density at radius 1 is 1.05 bits per heavy atom. The fraction of sp³-hybridized carbons (Fsp3) is 0.400. The quantitative estimate of drug-likeness (QED) is 0.867. The Labute approximate surface area is 103 Å². The van der Waals surface area contributed by atoms with Gasteiger partial charge in [-0.3, -0.25) is 0 Å². The number of nitrogens with two attached hydrogens (primary N) is 1. The number of halogens is 6. The van der Waals surface area contributed by atoms with E-state index in [0.29, 0.717) is 6.07 Å². The molecule has 0 amide bonds. The van der Waals surface area contributed by atoms with Crippen LogP contribution in [0.1, 0.15) is 0 Å². The molecule has 0 bridgehead atoms. The summed E-state index contributed by atoms with van der Waals surface area (Å²) in [6.45, 7) is -0.853. The van der Waals surface area contributed by atoms with Gasteiger partial charge in [0.15, 0.2) is 0 Å². The molecule has 1 atom stereocenters. The maximum absolute atomic E-state index is 12.4. The smallest absolute Gasteiger partial charge is 0.479 e. The topological polar surface area (TPSA) is 44.5 Å². The zero-order valence-electron chi connectivity index (χ0n) is 9.26. The van der Waals surface area contributed by atoms with E-state index in [-0.39, 0.29) is 0 Å². The molecule has 0 saturated heterocycles. The number of hydrogen-bond donors (Lipinski definition) is 1. The minimum Gasteiger partial charge on any atom is -0.479 e. The van der Waals surface area contributed by atoms with Gasteiger partial charge in [0.05, 0.1) is 0 Å². The molecule has 0 aliphatic carbocycles. The second-order valence-electron chi connectivity index (χ2n) is 3.41. The molecular formula is C10H9F6NO2. The van der Waals surface area contributed by atoms with Crippen LogP contribution < -0.4 is 15.2 Å². The van der Waals surface area contributed by atoms with E-state index in [1.54, 1.807) is 0 Å². The normalized spacial score (nSPS) is 14.1. The van der Waals surface area contributed by atoms with Crippen LogP contribution in [0, 0.1) is 0 Å². The fourth-order valence-electron chi connectivity index (χ4n) is 1.16. The van der Waals surface area contributed by atoms with E-state index in [2.05, 4.69) is 9.47 Å². The summed E-state index contributed by atoms with van der Waals surface area (Å²) in [5.41, 5.74) is 4.89. The van der Waals surface area contributed by atoms with Gasteiger partial charge in [0.1, 0.15) is 11.5 Å². The molecular weight excluding hydrogens is 280 g/mol. The van der Waals surface area contributed by atoms with Crippen molar-refractivity contribution in [1.29, 1.82) is 0 Å². The van der Waals surface area contributed by atoms with Crippen molar-refractivity contribution in [2.45, 2.75) is 18.6 Å². The van der Waals surface area contributed by atoms with E-state index in [4.69, 9.17) is 5.73 Å². The first-order valence-corrected chi connectivity index (χ1v) is 4.91. The van der Waals surface area contributed by atoms with Gasteiger partial charge in [0.25, 0.3) is 0 Å². The Bertz CT molecular complexity index is 417. The first-order chi connectivity index (χ1) is 8.62. The Balaban J connectivity index is 2.82. The Hall–Kier alpha value is -1.64. The molecule has 0 aliphatic heterocycles. The van der Waals surface area contributed by atoms with Crippen molar-refractivity contribution in [1.82, 2.24) is 0 Å². The van der Waals surface area contributed by atoms with E-state index in [1.807, 2.05) is 0 Å². The first kappa shape index (κ1) is 15.4. The second kappa shape index (κ2) is 5.55. The van der Waals surface area contributed by atoms with Crippen molar-refractivity contribution >= 4 is 0 Å². The van der Waals surface area contributed by atoms with Crippen LogP contribution in [0.2, 0.25) is 0 Å². The highest BCUT2D eigenvalue weighted by molar-refractivity contribution is 5.33. The van der Waals surface area contributed by atoms with Crippen molar-refractivity contribution in [3.63, 3.8) is 0 Å². The number of hydrogen-bond acceptors (Lipinski definition) is 3. The number of rotatable bonds is 4. The summed E-state index contributed by atoms with van der Waals surface area (Å²) in [5, 5.41) is 0. The zero-order chi connectivity index (χ0) is 14.7. The average molecular weight is 289 g/mol. The van der Waals surface area contributed by atoms with Crippen molar-refractivity contribution in [3.05, 3.63) is 24.3 Å². The predicted octanol–water partition coefficient (Wildman–Crippen LogP) is 2.85. The Morgan fingerprint density at radius 2 is 1.63 bits per heavy atom. The molecule has 0 heterocycles. The molecule has 19 heavy (non-hydrogen) atoms. The van der Waals surface area contributed by atoms with Crippen molar-refractivity contribution in [2.75, 3.05) is 6.54 Å². The summed E-state index contributed by atoms with van der Waals surface area (Å²) >= 11 is 0. The molecule has 108 valence electrons. The van der Waals surface area contributed by atoms with Crippen LogP contribution in [-0.4, -0.2) is 25.2 Å². The third kappa shape index (κ3) is 5.25. The average Bonchev–Trinajstić information content (AvgIpc) is 2.22. The molecule has 0 aromatic heterocycles. The number of ether oxygens (including phenoxy) is 2. The van der Waals surface area contributed by atoms with E-state index in [0.717, 1.165) is 18.2 Å². The lowest BCUT2D eigenvalue weighted by Crippen LogP contribution is -2.40. The van der Waals surface area contributed by atoms with Gasteiger partial charge >= 0.3 is 12.5 Å². The van der Waals surface area contributed by atoms with Gasteiger partial charge in [-0.1, -0.05) is 6.07 Å². The maximum Gasteiger partial charge on any atom is 0.573 e. The van der Waals surface area contributed by atoms with Crippen LogP contribution in [0.15, 0.2) is 24.3 Å². The number of alkyl halides is 6. The predicted molar refractivity (Wildman–Crippen MR) is 52.7 cm³/mol. The van der Waals surface area contributed by atoms with Gasteiger partial charge in [-0.15, -0.1) is 13.2 Å². The summed E-state index contributed by atoms with van der Waals surface area (Å²) < 4.78 is 80.9. The van der Waals surface area contributed by atoms with Crippen LogP contribution in [0.5, 0.6) is 11.5 Å². The van der Waals surface area contributed by atoms with E-state index >= 15 is 0 Å². The van der Waals surface area contributed by atoms with Crippen LogP contribution in [0.3, 0.4) is 0 Å². The molecule has 2 N–H and O–H groups in total. The summed E-state index contributed by atoms with van der Waals surface area (Å²) in [4.78, 5) is 0. The van der Waals surface area contributed by atoms with Gasteiger partial charge in [-0.05, 0) is 12.1 Å². The maximum atomic E-state index is 12.4. The summed E-state index contributed by atoms with van der Waals surface area (Å²) in [5.74, 6) is -1.10. The molecule has 0 radical (unpaired) electrons. The third-order valence-corrected chi connectivity index (χ3v) is 1.90. The minimum absolute atomic E-state index is 0.422. The second-order valence-corrected chi connectivity index (χ2v) is 3.41. The lowest BCUT2D eigenvalue weighted by Gasteiger charge is -2.20. The minimum atomic E-state index is -4.93. The van der Waals surface area contributed by atoms with Crippen LogP contribution in [0.25, 0.3) is 0 Å². The van der Waals surface area contributed by atoms with Crippen LogP contribution in [0.4, 0.5) is 26.3 Å². The van der Waals surface area contributed by atoms with E-state index in [1.165, 1.54) is 0 Å². The molecule has 1 rings (SSSR count). The summed E-state index contributed by atoms with van der Waals surface area (Å²) in [6, 6.07) is 3.77. The highest BCUT2D eigenvalue weighted by atomic mass is 19.4. The fourth-order valence-corrected chi connectivity index (χ4v) is 1.16. The van der Waals surface area contributed by atoms with Gasteiger partial charge in [-0.25, -0.2) is 0 Å². The van der Waals surface area contributed by atoms with Gasteiger partial charge in [0.2, 0.25) is 6.10 Å². The van der Waals surface area contributed by atoms with Gasteiger partial charge < -0.3 is 15.2 Å². The molecule has 1 aromatic carbocycles. The molecule has 3 nitrogen and oxygen atoms in total. The summed E-state index contributed by atoms with van der Waals surface area (Å²) in [7, 11) is 0. The Kier molecular flexibility index (Phi) is 4.51. The third-order valence-electron chi connectivity index (χ3n) is 1.90. The van der Waals surface area contributed by atoms with Crippen molar-refractivity contribution < 1.29 is 35.8 Å². The van der Waals surface area contributed by atoms with Crippen LogP contribution >= 0.6 is 0 Å². The first-order valence-electron chi connectivity index (χ1n) is 4.91. The van der Waals surface area contributed by atoms with Crippen molar-refractivity contribution in [2.24, 2.45) is 5.73 Å². The highest BCUT2D eigenvalue weighted by Crippen LogP contribution is 2.29. The number of benzene rings is 1. The summed E-state index contributed by atoms with van der Waals surface area (Å²) in [6.07, 6.45) is -11.9. The lowest BCUT2D eigenvalue weighted by atomic mass is 10.3. The van der Waals surface area contributed by atoms with E-state index < -0.39 is 36.7 Å². The monoisotopic (exact) mass is 289 g/mol.